The monoisotopic (exact) mass is 324 g/mol. The van der Waals surface area contributed by atoms with Gasteiger partial charge in [-0.3, -0.25) is 4.79 Å². The van der Waals surface area contributed by atoms with Gasteiger partial charge in [-0.05, 0) is 33.6 Å². The van der Waals surface area contributed by atoms with E-state index in [1.807, 2.05) is 42.5 Å². The number of carbonyl (C=O) groups excluding carboxylic acids is 1. The maximum absolute atomic E-state index is 11.9. The highest BCUT2D eigenvalue weighted by Gasteiger charge is 2.14. The van der Waals surface area contributed by atoms with E-state index in [9.17, 15) is 4.79 Å². The second-order valence-corrected chi connectivity index (χ2v) is 6.36. The first-order valence-corrected chi connectivity index (χ1v) is 7.10. The molecule has 0 aliphatic carbocycles. The molecule has 1 atom stereocenters. The van der Waals surface area contributed by atoms with Gasteiger partial charge < -0.3 is 11.1 Å². The Labute approximate surface area is 118 Å². The Hall–Kier alpha value is -1.17. The van der Waals surface area contributed by atoms with E-state index in [2.05, 4.69) is 21.2 Å². The average Bonchev–Trinajstić information content (AvgIpc) is 2.82. The number of nitrogens with two attached hydrogens (primary N) is 1. The molecule has 0 unspecified atom stereocenters. The number of amides is 1. The Kier molecular flexibility index (Phi) is 4.52. The van der Waals surface area contributed by atoms with Crippen LogP contribution in [0.4, 0.5) is 0 Å². The highest BCUT2D eigenvalue weighted by molar-refractivity contribution is 9.11. The van der Waals surface area contributed by atoms with Crippen LogP contribution in [0, 0.1) is 0 Å². The molecule has 0 saturated carbocycles. The van der Waals surface area contributed by atoms with Crippen LogP contribution in [0.25, 0.3) is 0 Å². The van der Waals surface area contributed by atoms with Gasteiger partial charge >= 0.3 is 0 Å². The summed E-state index contributed by atoms with van der Waals surface area (Å²) in [5.41, 5.74) is 6.71. The third-order valence-corrected chi connectivity index (χ3v) is 4.13. The zero-order valence-electron chi connectivity index (χ0n) is 9.60. The maximum Gasteiger partial charge on any atom is 0.241 e. The average molecular weight is 325 g/mol. The normalized spacial score (nSPS) is 12.1. The van der Waals surface area contributed by atoms with Gasteiger partial charge in [-0.25, -0.2) is 0 Å². The third-order valence-electron chi connectivity index (χ3n) is 2.51. The molecule has 3 N–H and O–H groups in total. The minimum atomic E-state index is -0.616. The minimum Gasteiger partial charge on any atom is -0.350 e. The van der Waals surface area contributed by atoms with Crippen LogP contribution in [0.1, 0.15) is 16.5 Å². The molecule has 0 aliphatic rings. The second kappa shape index (κ2) is 6.13. The first kappa shape index (κ1) is 13.3. The lowest BCUT2D eigenvalue weighted by Gasteiger charge is -2.11. The van der Waals surface area contributed by atoms with E-state index >= 15 is 0 Å². The van der Waals surface area contributed by atoms with Crippen LogP contribution >= 0.6 is 27.3 Å². The molecule has 5 heteroatoms. The fourth-order valence-electron chi connectivity index (χ4n) is 1.54. The summed E-state index contributed by atoms with van der Waals surface area (Å²) in [7, 11) is 0. The molecule has 18 heavy (non-hydrogen) atoms. The standard InChI is InChI=1S/C13H13BrN2OS/c14-11-7-6-10(18-11)8-16-13(17)12(15)9-4-2-1-3-5-9/h1-7,12H,8,15H2,(H,16,17)/t12-/m1/s1. The van der Waals surface area contributed by atoms with Crippen LogP contribution in [-0.4, -0.2) is 5.91 Å². The van der Waals surface area contributed by atoms with Crippen molar-refractivity contribution in [3.63, 3.8) is 0 Å². The number of hydrogen-bond donors (Lipinski definition) is 2. The van der Waals surface area contributed by atoms with E-state index in [0.717, 1.165) is 14.2 Å². The van der Waals surface area contributed by atoms with E-state index in [1.54, 1.807) is 11.3 Å². The summed E-state index contributed by atoms with van der Waals surface area (Å²) in [5.74, 6) is -0.161. The van der Waals surface area contributed by atoms with E-state index in [4.69, 9.17) is 5.73 Å². The van der Waals surface area contributed by atoms with Crippen molar-refractivity contribution in [1.82, 2.24) is 5.32 Å². The molecule has 2 rings (SSSR count). The van der Waals surface area contributed by atoms with Crippen molar-refractivity contribution in [2.75, 3.05) is 0 Å². The molecule has 1 aromatic carbocycles. The molecular weight excluding hydrogens is 312 g/mol. The Bertz CT molecular complexity index is 527. The molecule has 1 heterocycles. The summed E-state index contributed by atoms with van der Waals surface area (Å²) in [5, 5.41) is 2.84. The molecule has 2 aromatic rings. The van der Waals surface area contributed by atoms with Gasteiger partial charge in [0.15, 0.2) is 0 Å². The Balaban J connectivity index is 1.92. The molecule has 0 fully saturated rings. The topological polar surface area (TPSA) is 55.1 Å². The van der Waals surface area contributed by atoms with Crippen molar-refractivity contribution in [3.8, 4) is 0 Å². The van der Waals surface area contributed by atoms with Crippen molar-refractivity contribution in [3.05, 3.63) is 56.7 Å². The molecular formula is C13H13BrN2OS. The summed E-state index contributed by atoms with van der Waals surface area (Å²) in [6, 6.07) is 12.7. The summed E-state index contributed by atoms with van der Waals surface area (Å²) in [4.78, 5) is 13.0. The first-order chi connectivity index (χ1) is 8.66. The summed E-state index contributed by atoms with van der Waals surface area (Å²) < 4.78 is 1.05. The molecule has 0 radical (unpaired) electrons. The molecule has 0 spiro atoms. The lowest BCUT2D eigenvalue weighted by molar-refractivity contribution is -0.122. The number of benzene rings is 1. The molecule has 0 bridgehead atoms. The number of carbonyl (C=O) groups is 1. The molecule has 94 valence electrons. The van der Waals surface area contributed by atoms with Gasteiger partial charge in [0.1, 0.15) is 6.04 Å². The zero-order chi connectivity index (χ0) is 13.0. The number of rotatable bonds is 4. The van der Waals surface area contributed by atoms with E-state index < -0.39 is 6.04 Å². The van der Waals surface area contributed by atoms with E-state index in [0.29, 0.717) is 6.54 Å². The van der Waals surface area contributed by atoms with Crippen LogP contribution in [0.2, 0.25) is 0 Å². The fourth-order valence-corrected chi connectivity index (χ4v) is 2.97. The summed E-state index contributed by atoms with van der Waals surface area (Å²) >= 11 is 4.98. The number of nitrogens with one attached hydrogen (secondary N) is 1. The second-order valence-electron chi connectivity index (χ2n) is 3.81. The summed E-state index contributed by atoms with van der Waals surface area (Å²) in [6.07, 6.45) is 0. The summed E-state index contributed by atoms with van der Waals surface area (Å²) in [6.45, 7) is 0.510. The molecule has 1 aromatic heterocycles. The van der Waals surface area contributed by atoms with Crippen molar-refractivity contribution >= 4 is 33.2 Å². The molecule has 3 nitrogen and oxygen atoms in total. The minimum absolute atomic E-state index is 0.161. The van der Waals surface area contributed by atoms with E-state index in [1.165, 1.54) is 0 Å². The van der Waals surface area contributed by atoms with E-state index in [-0.39, 0.29) is 5.91 Å². The predicted molar refractivity (Wildman–Crippen MR) is 77.2 cm³/mol. The van der Waals surface area contributed by atoms with Crippen molar-refractivity contribution in [1.29, 1.82) is 0 Å². The van der Waals surface area contributed by atoms with Gasteiger partial charge in [-0.1, -0.05) is 30.3 Å². The quantitative estimate of drug-likeness (QED) is 0.908. The van der Waals surface area contributed by atoms with Gasteiger partial charge in [0.05, 0.1) is 10.3 Å². The van der Waals surface area contributed by atoms with Crippen LogP contribution < -0.4 is 11.1 Å². The first-order valence-electron chi connectivity index (χ1n) is 5.49. The molecule has 1 amide bonds. The highest BCUT2D eigenvalue weighted by Crippen LogP contribution is 2.21. The SMILES string of the molecule is N[C@@H](C(=O)NCc1ccc(Br)s1)c1ccccc1. The maximum atomic E-state index is 11.9. The Morgan fingerprint density at radius 3 is 2.61 bits per heavy atom. The zero-order valence-corrected chi connectivity index (χ0v) is 12.0. The van der Waals surface area contributed by atoms with Gasteiger partial charge in [0.25, 0.3) is 0 Å². The molecule has 0 aliphatic heterocycles. The third kappa shape index (κ3) is 3.41. The highest BCUT2D eigenvalue weighted by atomic mass is 79.9. The van der Waals surface area contributed by atoms with Crippen LogP contribution in [0.3, 0.4) is 0 Å². The molecule has 0 saturated heterocycles. The van der Waals surface area contributed by atoms with Gasteiger partial charge in [0.2, 0.25) is 5.91 Å². The number of halogens is 1. The Morgan fingerprint density at radius 2 is 2.00 bits per heavy atom. The van der Waals surface area contributed by atoms with Crippen LogP contribution in [0.15, 0.2) is 46.3 Å². The van der Waals surface area contributed by atoms with Gasteiger partial charge in [0, 0.05) is 4.88 Å². The van der Waals surface area contributed by atoms with Crippen molar-refractivity contribution in [2.24, 2.45) is 5.73 Å². The predicted octanol–water partition coefficient (Wildman–Crippen LogP) is 2.83. The van der Waals surface area contributed by atoms with Crippen LogP contribution in [0.5, 0.6) is 0 Å². The largest absolute Gasteiger partial charge is 0.350 e. The lowest BCUT2D eigenvalue weighted by atomic mass is 10.1. The van der Waals surface area contributed by atoms with Gasteiger partial charge in [-0.15, -0.1) is 11.3 Å². The van der Waals surface area contributed by atoms with Crippen LogP contribution in [-0.2, 0) is 11.3 Å². The number of hydrogen-bond acceptors (Lipinski definition) is 3. The van der Waals surface area contributed by atoms with Crippen molar-refractivity contribution in [2.45, 2.75) is 12.6 Å². The lowest BCUT2D eigenvalue weighted by Crippen LogP contribution is -2.33. The smallest absolute Gasteiger partial charge is 0.241 e. The fraction of sp³-hybridized carbons (Fsp3) is 0.154. The Morgan fingerprint density at radius 1 is 1.28 bits per heavy atom. The van der Waals surface area contributed by atoms with Crippen molar-refractivity contribution < 1.29 is 4.79 Å². The van der Waals surface area contributed by atoms with Gasteiger partial charge in [-0.2, -0.15) is 0 Å². The number of thiophene rings is 1.